The van der Waals surface area contributed by atoms with Crippen molar-refractivity contribution in [1.82, 2.24) is 10.2 Å². The molecule has 0 radical (unpaired) electrons. The molecule has 9 heteroatoms. The summed E-state index contributed by atoms with van der Waals surface area (Å²) in [6, 6.07) is 12.9. The van der Waals surface area contributed by atoms with Gasteiger partial charge in [-0.25, -0.2) is 5.10 Å². The van der Waals surface area contributed by atoms with Crippen LogP contribution >= 0.6 is 11.6 Å². The van der Waals surface area contributed by atoms with Crippen LogP contribution in [0, 0.1) is 0 Å². The largest absolute Gasteiger partial charge is 0.416 e. The number of rotatable bonds is 3. The number of anilines is 2. The maximum absolute atomic E-state index is 12.9. The van der Waals surface area contributed by atoms with Gasteiger partial charge < -0.3 is 9.80 Å². The van der Waals surface area contributed by atoms with Gasteiger partial charge in [0.2, 0.25) is 0 Å². The van der Waals surface area contributed by atoms with Crippen LogP contribution in [0.25, 0.3) is 11.1 Å². The molecule has 1 fully saturated rings. The number of H-pyrrole nitrogens is 1. The molecule has 1 saturated heterocycles. The van der Waals surface area contributed by atoms with E-state index in [1.54, 1.807) is 0 Å². The Morgan fingerprint density at radius 1 is 0.900 bits per heavy atom. The number of benzene rings is 2. The van der Waals surface area contributed by atoms with Crippen LogP contribution in [0.2, 0.25) is 5.02 Å². The minimum absolute atomic E-state index is 0.114. The van der Waals surface area contributed by atoms with E-state index < -0.39 is 17.3 Å². The molecule has 1 aliphatic rings. The number of para-hydroxylation sites is 1. The second-order valence-electron chi connectivity index (χ2n) is 6.96. The minimum atomic E-state index is -4.36. The van der Waals surface area contributed by atoms with E-state index in [1.807, 2.05) is 29.2 Å². The van der Waals surface area contributed by atoms with Gasteiger partial charge >= 0.3 is 6.18 Å². The number of nitrogens with one attached hydrogen (secondary N) is 1. The Kier molecular flexibility index (Phi) is 5.42. The van der Waals surface area contributed by atoms with Crippen LogP contribution in [0.5, 0.6) is 0 Å². The van der Waals surface area contributed by atoms with Crippen LogP contribution in [0.3, 0.4) is 0 Å². The molecule has 3 aromatic rings. The first-order valence-electron chi connectivity index (χ1n) is 9.34. The van der Waals surface area contributed by atoms with Gasteiger partial charge in [0.05, 0.1) is 17.4 Å². The molecule has 1 aromatic heterocycles. The van der Waals surface area contributed by atoms with Crippen LogP contribution in [0.15, 0.2) is 59.5 Å². The van der Waals surface area contributed by atoms with E-state index in [2.05, 4.69) is 15.1 Å². The van der Waals surface area contributed by atoms with E-state index in [9.17, 15) is 18.0 Å². The van der Waals surface area contributed by atoms with E-state index in [0.29, 0.717) is 31.9 Å². The second-order valence-corrected chi connectivity index (χ2v) is 7.34. The maximum atomic E-state index is 12.9. The van der Waals surface area contributed by atoms with Gasteiger partial charge in [-0.15, -0.1) is 0 Å². The van der Waals surface area contributed by atoms with Crippen molar-refractivity contribution in [3.8, 4) is 11.1 Å². The van der Waals surface area contributed by atoms with Gasteiger partial charge in [-0.05, 0) is 23.8 Å². The average molecular weight is 435 g/mol. The Hall–Kier alpha value is -3.00. The lowest BCUT2D eigenvalue weighted by atomic mass is 10.0. The average Bonchev–Trinajstić information content (AvgIpc) is 2.75. The molecular formula is C21H18ClF3N4O. The highest BCUT2D eigenvalue weighted by molar-refractivity contribution is 6.33. The number of halogens is 4. The summed E-state index contributed by atoms with van der Waals surface area (Å²) in [6.07, 6.45) is -2.82. The molecule has 0 unspecified atom stereocenters. The molecule has 5 nitrogen and oxygen atoms in total. The Morgan fingerprint density at radius 3 is 2.13 bits per heavy atom. The number of piperazine rings is 1. The van der Waals surface area contributed by atoms with Crippen molar-refractivity contribution >= 4 is 23.0 Å². The van der Waals surface area contributed by atoms with Crippen molar-refractivity contribution < 1.29 is 13.2 Å². The summed E-state index contributed by atoms with van der Waals surface area (Å²) in [6.45, 7) is 2.60. The lowest BCUT2D eigenvalue weighted by Gasteiger charge is -2.38. The summed E-state index contributed by atoms with van der Waals surface area (Å²) in [7, 11) is 0. The summed E-state index contributed by atoms with van der Waals surface area (Å²) in [5.74, 6) is 0. The first-order chi connectivity index (χ1) is 14.3. The predicted molar refractivity (Wildman–Crippen MR) is 111 cm³/mol. The molecule has 30 heavy (non-hydrogen) atoms. The summed E-state index contributed by atoms with van der Waals surface area (Å²) in [5.41, 5.74) is 2.05. The molecule has 0 bridgehead atoms. The summed E-state index contributed by atoms with van der Waals surface area (Å²) in [5, 5.41) is 6.24. The SMILES string of the molecule is O=c1[nH]ncc(N2CCN(c3ccccc3-c3ccc(C(F)(F)F)cc3)CC2)c1Cl. The van der Waals surface area contributed by atoms with Crippen molar-refractivity contribution in [1.29, 1.82) is 0 Å². The van der Waals surface area contributed by atoms with Crippen molar-refractivity contribution in [3.63, 3.8) is 0 Å². The Balaban J connectivity index is 1.55. The fourth-order valence-corrected chi connectivity index (χ4v) is 3.83. The monoisotopic (exact) mass is 434 g/mol. The van der Waals surface area contributed by atoms with E-state index >= 15 is 0 Å². The fourth-order valence-electron chi connectivity index (χ4n) is 3.62. The number of aromatic nitrogens is 2. The predicted octanol–water partition coefficient (Wildman–Crippen LogP) is 4.44. The smallest absolute Gasteiger partial charge is 0.367 e. The fraction of sp³-hybridized carbons (Fsp3) is 0.238. The van der Waals surface area contributed by atoms with Crippen LogP contribution in [0.4, 0.5) is 24.5 Å². The van der Waals surface area contributed by atoms with Crippen LogP contribution < -0.4 is 15.4 Å². The van der Waals surface area contributed by atoms with Crippen LogP contribution in [-0.2, 0) is 6.18 Å². The molecule has 0 spiro atoms. The third-order valence-electron chi connectivity index (χ3n) is 5.17. The van der Waals surface area contributed by atoms with Gasteiger partial charge in [0.1, 0.15) is 5.02 Å². The van der Waals surface area contributed by atoms with Crippen LogP contribution in [-0.4, -0.2) is 36.4 Å². The van der Waals surface area contributed by atoms with Gasteiger partial charge in [0.25, 0.3) is 5.56 Å². The molecule has 1 N–H and O–H groups in total. The van der Waals surface area contributed by atoms with Crippen LogP contribution in [0.1, 0.15) is 5.56 Å². The zero-order valence-electron chi connectivity index (χ0n) is 15.8. The van der Waals surface area contributed by atoms with Gasteiger partial charge in [-0.3, -0.25) is 4.79 Å². The third-order valence-corrected chi connectivity index (χ3v) is 5.53. The number of alkyl halides is 3. The Morgan fingerprint density at radius 2 is 1.50 bits per heavy atom. The molecule has 1 aliphatic heterocycles. The number of nitrogens with zero attached hydrogens (tertiary/aromatic N) is 3. The normalized spacial score (nSPS) is 14.8. The summed E-state index contributed by atoms with van der Waals surface area (Å²) < 4.78 is 38.6. The molecule has 4 rings (SSSR count). The summed E-state index contributed by atoms with van der Waals surface area (Å²) >= 11 is 6.11. The number of aromatic amines is 1. The molecule has 0 atom stereocenters. The first-order valence-corrected chi connectivity index (χ1v) is 9.72. The second kappa shape index (κ2) is 8.02. The van der Waals surface area contributed by atoms with E-state index in [0.717, 1.165) is 28.9 Å². The van der Waals surface area contributed by atoms with Gasteiger partial charge in [0, 0.05) is 37.4 Å². The topological polar surface area (TPSA) is 52.2 Å². The van der Waals surface area contributed by atoms with Gasteiger partial charge in [0.15, 0.2) is 0 Å². The van der Waals surface area contributed by atoms with E-state index in [1.165, 1.54) is 18.3 Å². The van der Waals surface area contributed by atoms with Crippen molar-refractivity contribution in [2.45, 2.75) is 6.18 Å². The molecule has 0 aliphatic carbocycles. The van der Waals surface area contributed by atoms with E-state index in [4.69, 9.17) is 11.6 Å². The summed E-state index contributed by atoms with van der Waals surface area (Å²) in [4.78, 5) is 15.9. The third kappa shape index (κ3) is 4.00. The van der Waals surface area contributed by atoms with Crippen molar-refractivity contribution in [3.05, 3.63) is 75.7 Å². The van der Waals surface area contributed by atoms with Crippen molar-refractivity contribution in [2.24, 2.45) is 0 Å². The highest BCUT2D eigenvalue weighted by Gasteiger charge is 2.30. The molecule has 0 saturated carbocycles. The maximum Gasteiger partial charge on any atom is 0.416 e. The standard InChI is InChI=1S/C21H18ClF3N4O/c22-19-18(13-26-27-20(19)30)29-11-9-28(10-12-29)17-4-2-1-3-16(17)14-5-7-15(8-6-14)21(23,24)25/h1-8,13H,9-12H2,(H,27,30). The molecule has 0 amide bonds. The minimum Gasteiger partial charge on any atom is -0.367 e. The Bertz CT molecular complexity index is 1090. The lowest BCUT2D eigenvalue weighted by Crippen LogP contribution is -2.47. The molecular weight excluding hydrogens is 417 g/mol. The number of hydrogen-bond donors (Lipinski definition) is 1. The molecule has 2 heterocycles. The lowest BCUT2D eigenvalue weighted by molar-refractivity contribution is -0.137. The zero-order valence-corrected chi connectivity index (χ0v) is 16.5. The van der Waals surface area contributed by atoms with Crippen molar-refractivity contribution in [2.75, 3.05) is 36.0 Å². The highest BCUT2D eigenvalue weighted by Crippen LogP contribution is 2.35. The van der Waals surface area contributed by atoms with Gasteiger partial charge in [-0.1, -0.05) is 41.9 Å². The Labute approximate surface area is 175 Å². The molecule has 2 aromatic carbocycles. The first kappa shape index (κ1) is 20.3. The highest BCUT2D eigenvalue weighted by atomic mass is 35.5. The quantitative estimate of drug-likeness (QED) is 0.662. The molecule has 156 valence electrons. The van der Waals surface area contributed by atoms with E-state index in [-0.39, 0.29) is 5.02 Å². The van der Waals surface area contributed by atoms with Gasteiger partial charge in [-0.2, -0.15) is 18.3 Å². The zero-order chi connectivity index (χ0) is 21.3. The number of hydrogen-bond acceptors (Lipinski definition) is 4.